The van der Waals surface area contributed by atoms with Crippen molar-refractivity contribution in [2.45, 2.75) is 33.1 Å². The van der Waals surface area contributed by atoms with Crippen molar-refractivity contribution >= 4 is 17.4 Å². The third-order valence-corrected chi connectivity index (χ3v) is 3.00. The summed E-state index contributed by atoms with van der Waals surface area (Å²) < 4.78 is 0. The van der Waals surface area contributed by atoms with Gasteiger partial charge < -0.3 is 10.0 Å². The number of aromatic nitrogens is 2. The van der Waals surface area contributed by atoms with E-state index in [2.05, 4.69) is 21.8 Å². The van der Waals surface area contributed by atoms with Gasteiger partial charge in [0.05, 0.1) is 6.61 Å². The highest BCUT2D eigenvalue weighted by Gasteiger charge is 2.14. The van der Waals surface area contributed by atoms with Crippen LogP contribution in [-0.4, -0.2) is 34.8 Å². The summed E-state index contributed by atoms with van der Waals surface area (Å²) in [6.07, 6.45) is 4.46. The quantitative estimate of drug-likeness (QED) is 0.762. The minimum absolute atomic E-state index is 0.120. The van der Waals surface area contributed by atoms with Crippen molar-refractivity contribution < 1.29 is 5.11 Å². The Hall–Kier alpha value is -0.870. The zero-order chi connectivity index (χ0) is 12.7. The summed E-state index contributed by atoms with van der Waals surface area (Å²) in [6, 6.07) is 0. The van der Waals surface area contributed by atoms with Crippen LogP contribution in [0.1, 0.15) is 32.3 Å². The lowest BCUT2D eigenvalue weighted by molar-refractivity contribution is 0.301. The van der Waals surface area contributed by atoms with Gasteiger partial charge in [-0.3, -0.25) is 0 Å². The van der Waals surface area contributed by atoms with Gasteiger partial charge in [0, 0.05) is 18.7 Å². The Balaban J connectivity index is 2.95. The van der Waals surface area contributed by atoms with E-state index in [1.165, 1.54) is 6.33 Å². The number of hydrogen-bond donors (Lipinski definition) is 1. The number of aliphatic hydroxyl groups is 1. The Morgan fingerprint density at radius 2 is 2.06 bits per heavy atom. The Morgan fingerprint density at radius 1 is 1.29 bits per heavy atom. The van der Waals surface area contributed by atoms with Crippen molar-refractivity contribution in [2.75, 3.05) is 24.6 Å². The lowest BCUT2D eigenvalue weighted by Crippen LogP contribution is -2.29. The molecule has 0 saturated carbocycles. The number of hydrogen-bond acceptors (Lipinski definition) is 4. The summed E-state index contributed by atoms with van der Waals surface area (Å²) >= 11 is 6.07. The lowest BCUT2D eigenvalue weighted by Gasteiger charge is -2.24. The molecule has 1 rings (SSSR count). The highest BCUT2D eigenvalue weighted by molar-refractivity contribution is 6.30. The summed E-state index contributed by atoms with van der Waals surface area (Å²) in [5.74, 6) is 0.856. The SMILES string of the molecule is CCCCN(CCO)c1ncnc(Cl)c1CC. The van der Waals surface area contributed by atoms with Crippen molar-refractivity contribution in [2.24, 2.45) is 0 Å². The van der Waals surface area contributed by atoms with Crippen LogP contribution in [0.3, 0.4) is 0 Å². The van der Waals surface area contributed by atoms with Crippen LogP contribution < -0.4 is 4.90 Å². The fraction of sp³-hybridized carbons (Fsp3) is 0.667. The molecule has 0 unspecified atom stereocenters. The van der Waals surface area contributed by atoms with Gasteiger partial charge in [0.2, 0.25) is 0 Å². The molecule has 1 aromatic heterocycles. The fourth-order valence-electron chi connectivity index (χ4n) is 1.75. The average Bonchev–Trinajstić information content (AvgIpc) is 2.34. The van der Waals surface area contributed by atoms with Crippen molar-refractivity contribution in [3.8, 4) is 0 Å². The topological polar surface area (TPSA) is 49.2 Å². The van der Waals surface area contributed by atoms with E-state index < -0.39 is 0 Å². The van der Waals surface area contributed by atoms with Crippen LogP contribution in [0.2, 0.25) is 5.15 Å². The molecular formula is C12H20ClN3O. The number of rotatable bonds is 7. The number of halogens is 1. The first-order chi connectivity index (χ1) is 8.24. The molecule has 0 amide bonds. The van der Waals surface area contributed by atoms with Crippen LogP contribution in [-0.2, 0) is 6.42 Å². The zero-order valence-electron chi connectivity index (χ0n) is 10.5. The summed E-state index contributed by atoms with van der Waals surface area (Å²) in [6.45, 7) is 5.77. The molecular weight excluding hydrogens is 238 g/mol. The largest absolute Gasteiger partial charge is 0.395 e. The predicted octanol–water partition coefficient (Wildman–Crippen LogP) is 2.29. The van der Waals surface area contributed by atoms with Gasteiger partial charge in [-0.05, 0) is 12.8 Å². The maximum Gasteiger partial charge on any atom is 0.137 e. The van der Waals surface area contributed by atoms with Gasteiger partial charge in [-0.25, -0.2) is 9.97 Å². The number of nitrogens with zero attached hydrogens (tertiary/aromatic N) is 3. The minimum Gasteiger partial charge on any atom is -0.395 e. The molecule has 5 heteroatoms. The van der Waals surface area contributed by atoms with E-state index in [1.54, 1.807) is 0 Å². The molecule has 17 heavy (non-hydrogen) atoms. The summed E-state index contributed by atoms with van der Waals surface area (Å²) in [4.78, 5) is 10.4. The Labute approximate surface area is 108 Å². The van der Waals surface area contributed by atoms with Gasteiger partial charge in [-0.15, -0.1) is 0 Å². The molecule has 1 aromatic rings. The number of anilines is 1. The van der Waals surface area contributed by atoms with Gasteiger partial charge in [-0.1, -0.05) is 31.9 Å². The van der Waals surface area contributed by atoms with E-state index in [-0.39, 0.29) is 6.61 Å². The van der Waals surface area contributed by atoms with Gasteiger partial charge in [-0.2, -0.15) is 0 Å². The Morgan fingerprint density at radius 3 is 2.65 bits per heavy atom. The van der Waals surface area contributed by atoms with E-state index in [0.717, 1.165) is 37.2 Å². The number of aliphatic hydroxyl groups excluding tert-OH is 1. The normalized spacial score (nSPS) is 10.6. The lowest BCUT2D eigenvalue weighted by atomic mass is 10.2. The van der Waals surface area contributed by atoms with Crippen LogP contribution in [0, 0.1) is 0 Å². The zero-order valence-corrected chi connectivity index (χ0v) is 11.2. The maximum atomic E-state index is 9.11. The molecule has 1 N–H and O–H groups in total. The molecule has 0 aliphatic heterocycles. The van der Waals surface area contributed by atoms with Crippen LogP contribution in [0.4, 0.5) is 5.82 Å². The van der Waals surface area contributed by atoms with E-state index in [9.17, 15) is 0 Å². The molecule has 0 fully saturated rings. The molecule has 0 aliphatic carbocycles. The van der Waals surface area contributed by atoms with Gasteiger partial charge in [0.15, 0.2) is 0 Å². The van der Waals surface area contributed by atoms with Crippen molar-refractivity contribution in [1.29, 1.82) is 0 Å². The van der Waals surface area contributed by atoms with E-state index in [4.69, 9.17) is 16.7 Å². The Bertz CT molecular complexity index is 347. The van der Waals surface area contributed by atoms with E-state index in [0.29, 0.717) is 11.7 Å². The summed E-state index contributed by atoms with van der Waals surface area (Å²) in [5, 5.41) is 9.62. The molecule has 0 radical (unpaired) electrons. The van der Waals surface area contributed by atoms with Crippen LogP contribution >= 0.6 is 11.6 Å². The molecule has 96 valence electrons. The van der Waals surface area contributed by atoms with E-state index >= 15 is 0 Å². The summed E-state index contributed by atoms with van der Waals surface area (Å²) in [7, 11) is 0. The van der Waals surface area contributed by atoms with Crippen LogP contribution in [0.5, 0.6) is 0 Å². The monoisotopic (exact) mass is 257 g/mol. The van der Waals surface area contributed by atoms with Gasteiger partial charge in [0.1, 0.15) is 17.3 Å². The third kappa shape index (κ3) is 3.82. The second kappa shape index (κ2) is 7.45. The summed E-state index contributed by atoms with van der Waals surface area (Å²) in [5.41, 5.74) is 0.957. The minimum atomic E-state index is 0.120. The smallest absolute Gasteiger partial charge is 0.137 e. The first kappa shape index (κ1) is 14.2. The highest BCUT2D eigenvalue weighted by Crippen LogP contribution is 2.23. The second-order valence-corrected chi connectivity index (χ2v) is 4.24. The molecule has 0 aliphatic rings. The van der Waals surface area contributed by atoms with E-state index in [1.807, 2.05) is 6.92 Å². The van der Waals surface area contributed by atoms with Gasteiger partial charge in [0.25, 0.3) is 0 Å². The molecule has 0 saturated heterocycles. The molecule has 0 atom stereocenters. The fourth-order valence-corrected chi connectivity index (χ4v) is 2.01. The average molecular weight is 258 g/mol. The Kier molecular flexibility index (Phi) is 6.22. The van der Waals surface area contributed by atoms with Crippen LogP contribution in [0.25, 0.3) is 0 Å². The second-order valence-electron chi connectivity index (χ2n) is 3.88. The van der Waals surface area contributed by atoms with Gasteiger partial charge >= 0.3 is 0 Å². The molecule has 1 heterocycles. The number of unbranched alkanes of at least 4 members (excludes halogenated alkanes) is 1. The van der Waals surface area contributed by atoms with Crippen molar-refractivity contribution in [3.63, 3.8) is 0 Å². The predicted molar refractivity (Wildman–Crippen MR) is 70.6 cm³/mol. The maximum absolute atomic E-state index is 9.11. The van der Waals surface area contributed by atoms with Crippen molar-refractivity contribution in [1.82, 2.24) is 9.97 Å². The standard InChI is InChI=1S/C12H20ClN3O/c1-3-5-6-16(7-8-17)12-10(4-2)11(13)14-9-15-12/h9,17H,3-8H2,1-2H3. The molecule has 0 bridgehead atoms. The molecule has 0 aromatic carbocycles. The molecule has 0 spiro atoms. The first-order valence-electron chi connectivity index (χ1n) is 6.09. The third-order valence-electron chi connectivity index (χ3n) is 2.67. The first-order valence-corrected chi connectivity index (χ1v) is 6.47. The van der Waals surface area contributed by atoms with Crippen molar-refractivity contribution in [3.05, 3.63) is 17.0 Å². The van der Waals surface area contributed by atoms with Crippen LogP contribution in [0.15, 0.2) is 6.33 Å². The highest BCUT2D eigenvalue weighted by atomic mass is 35.5. The molecule has 4 nitrogen and oxygen atoms in total.